The molecule has 0 aliphatic rings. The average Bonchev–Trinajstić information content (AvgIpc) is 2.46. The summed E-state index contributed by atoms with van der Waals surface area (Å²) in [7, 11) is 0. The fraction of sp³-hybridized carbons (Fsp3) is 0.118. The van der Waals surface area contributed by atoms with Crippen LogP contribution < -0.4 is 10.1 Å². The van der Waals surface area contributed by atoms with Gasteiger partial charge in [0.2, 0.25) is 5.91 Å². The Morgan fingerprint density at radius 1 is 1.24 bits per heavy atom. The van der Waals surface area contributed by atoms with Gasteiger partial charge in [0.1, 0.15) is 12.4 Å². The normalized spacial score (nSPS) is 9.95. The maximum Gasteiger partial charge on any atom is 0.228 e. The molecule has 0 saturated heterocycles. The number of anilines is 1. The first-order valence-electron chi connectivity index (χ1n) is 6.55. The molecule has 2 aromatic rings. The van der Waals surface area contributed by atoms with E-state index in [2.05, 4.69) is 11.9 Å². The van der Waals surface area contributed by atoms with Gasteiger partial charge in [-0.15, -0.1) is 0 Å². The van der Waals surface area contributed by atoms with Gasteiger partial charge in [0.05, 0.1) is 6.42 Å². The van der Waals surface area contributed by atoms with Gasteiger partial charge in [-0.25, -0.2) is 0 Å². The third kappa shape index (κ3) is 4.97. The minimum atomic E-state index is -0.0861. The summed E-state index contributed by atoms with van der Waals surface area (Å²) >= 11 is 5.89. The van der Waals surface area contributed by atoms with E-state index < -0.39 is 0 Å². The number of benzene rings is 2. The molecule has 0 aliphatic carbocycles. The van der Waals surface area contributed by atoms with Crippen LogP contribution in [0.3, 0.4) is 0 Å². The molecule has 2 rings (SSSR count). The molecular formula is C17H16ClNO2. The summed E-state index contributed by atoms with van der Waals surface area (Å²) in [4.78, 5) is 12.0. The fourth-order valence-corrected chi connectivity index (χ4v) is 2.04. The summed E-state index contributed by atoms with van der Waals surface area (Å²) in [6.07, 6.45) is 1.97. The van der Waals surface area contributed by atoms with Crippen LogP contribution in [0.1, 0.15) is 5.56 Å². The van der Waals surface area contributed by atoms with Crippen molar-refractivity contribution >= 4 is 23.2 Å². The quantitative estimate of drug-likeness (QED) is 0.816. The maximum absolute atomic E-state index is 12.0. The zero-order valence-corrected chi connectivity index (χ0v) is 12.3. The summed E-state index contributed by atoms with van der Waals surface area (Å²) in [5, 5.41) is 3.46. The number of ether oxygens (including phenoxy) is 1. The van der Waals surface area contributed by atoms with E-state index in [9.17, 15) is 4.79 Å². The first-order chi connectivity index (χ1) is 10.2. The molecule has 21 heavy (non-hydrogen) atoms. The number of nitrogens with one attached hydrogen (secondary N) is 1. The molecule has 3 nitrogen and oxygen atoms in total. The highest BCUT2D eigenvalue weighted by atomic mass is 35.5. The molecule has 0 aromatic heterocycles. The lowest BCUT2D eigenvalue weighted by atomic mass is 10.1. The molecule has 0 bridgehead atoms. The Balaban J connectivity index is 1.91. The summed E-state index contributed by atoms with van der Waals surface area (Å²) in [5.74, 6) is 0.653. The van der Waals surface area contributed by atoms with Crippen LogP contribution in [-0.2, 0) is 11.2 Å². The van der Waals surface area contributed by atoms with Crippen LogP contribution in [-0.4, -0.2) is 12.5 Å². The molecule has 108 valence electrons. The maximum atomic E-state index is 12.0. The molecule has 0 unspecified atom stereocenters. The molecule has 0 radical (unpaired) electrons. The Morgan fingerprint density at radius 2 is 2.00 bits per heavy atom. The molecule has 4 heteroatoms. The number of halogens is 1. The Morgan fingerprint density at radius 3 is 2.67 bits per heavy atom. The van der Waals surface area contributed by atoms with Gasteiger partial charge in [-0.2, -0.15) is 0 Å². The van der Waals surface area contributed by atoms with E-state index in [1.54, 1.807) is 42.5 Å². The first-order valence-corrected chi connectivity index (χ1v) is 6.93. The van der Waals surface area contributed by atoms with Crippen molar-refractivity contribution in [3.8, 4) is 5.75 Å². The number of amides is 1. The van der Waals surface area contributed by atoms with Crippen molar-refractivity contribution < 1.29 is 9.53 Å². The van der Waals surface area contributed by atoms with Crippen molar-refractivity contribution in [2.45, 2.75) is 6.42 Å². The van der Waals surface area contributed by atoms with E-state index in [0.29, 0.717) is 11.6 Å². The van der Waals surface area contributed by atoms with Crippen LogP contribution in [0.2, 0.25) is 5.02 Å². The van der Waals surface area contributed by atoms with Crippen LogP contribution >= 0.6 is 11.6 Å². The standard InChI is InChI=1S/C17H16ClNO2/c1-2-10-21-16-8-6-15(7-9-16)19-17(20)12-13-4-3-5-14(18)11-13/h2-9,11H,1,10,12H2,(H,19,20). The van der Waals surface area contributed by atoms with Gasteiger partial charge in [0.15, 0.2) is 0 Å². The molecule has 0 aliphatic heterocycles. The number of carbonyl (C=O) groups is 1. The molecule has 0 spiro atoms. The highest BCUT2D eigenvalue weighted by Gasteiger charge is 2.05. The van der Waals surface area contributed by atoms with E-state index in [1.807, 2.05) is 12.1 Å². The van der Waals surface area contributed by atoms with Crippen LogP contribution in [0.4, 0.5) is 5.69 Å². The summed E-state index contributed by atoms with van der Waals surface area (Å²) in [5.41, 5.74) is 1.61. The van der Waals surface area contributed by atoms with Gasteiger partial charge in [-0.3, -0.25) is 4.79 Å². The molecule has 1 amide bonds. The summed E-state index contributed by atoms with van der Waals surface area (Å²) in [6.45, 7) is 4.05. The lowest BCUT2D eigenvalue weighted by Gasteiger charge is -2.07. The van der Waals surface area contributed by atoms with Crippen molar-refractivity contribution in [1.82, 2.24) is 0 Å². The predicted octanol–water partition coefficient (Wildman–Crippen LogP) is 4.09. The van der Waals surface area contributed by atoms with Crippen molar-refractivity contribution in [3.05, 3.63) is 71.8 Å². The Bertz CT molecular complexity index is 623. The second-order valence-corrected chi connectivity index (χ2v) is 4.92. The predicted molar refractivity (Wildman–Crippen MR) is 85.9 cm³/mol. The molecule has 2 aromatic carbocycles. The number of carbonyl (C=O) groups excluding carboxylic acids is 1. The van der Waals surface area contributed by atoms with Gasteiger partial charge in [-0.1, -0.05) is 36.4 Å². The topological polar surface area (TPSA) is 38.3 Å². The van der Waals surface area contributed by atoms with E-state index in [4.69, 9.17) is 16.3 Å². The van der Waals surface area contributed by atoms with E-state index >= 15 is 0 Å². The lowest BCUT2D eigenvalue weighted by molar-refractivity contribution is -0.115. The Kier molecular flexibility index (Phi) is 5.41. The molecule has 0 fully saturated rings. The minimum absolute atomic E-state index is 0.0861. The smallest absolute Gasteiger partial charge is 0.228 e. The first kappa shape index (κ1) is 15.1. The van der Waals surface area contributed by atoms with Crippen LogP contribution in [0.15, 0.2) is 61.2 Å². The van der Waals surface area contributed by atoms with Crippen LogP contribution in [0.25, 0.3) is 0 Å². The second kappa shape index (κ2) is 7.50. The zero-order chi connectivity index (χ0) is 15.1. The van der Waals surface area contributed by atoms with Crippen molar-refractivity contribution in [2.75, 3.05) is 11.9 Å². The second-order valence-electron chi connectivity index (χ2n) is 4.48. The molecule has 1 N–H and O–H groups in total. The van der Waals surface area contributed by atoms with E-state index in [0.717, 1.165) is 17.0 Å². The van der Waals surface area contributed by atoms with Gasteiger partial charge >= 0.3 is 0 Å². The molecule has 0 saturated carbocycles. The van der Waals surface area contributed by atoms with E-state index in [-0.39, 0.29) is 12.3 Å². The van der Waals surface area contributed by atoms with Crippen molar-refractivity contribution in [1.29, 1.82) is 0 Å². The number of hydrogen-bond acceptors (Lipinski definition) is 2. The van der Waals surface area contributed by atoms with Crippen LogP contribution in [0, 0.1) is 0 Å². The van der Waals surface area contributed by atoms with Crippen molar-refractivity contribution in [2.24, 2.45) is 0 Å². The summed E-state index contributed by atoms with van der Waals surface area (Å²) < 4.78 is 5.38. The molecule has 0 atom stereocenters. The van der Waals surface area contributed by atoms with Gasteiger partial charge < -0.3 is 10.1 Å². The van der Waals surface area contributed by atoms with E-state index in [1.165, 1.54) is 0 Å². The largest absolute Gasteiger partial charge is 0.490 e. The molecule has 0 heterocycles. The monoisotopic (exact) mass is 301 g/mol. The zero-order valence-electron chi connectivity index (χ0n) is 11.5. The minimum Gasteiger partial charge on any atom is -0.490 e. The third-order valence-electron chi connectivity index (χ3n) is 2.76. The van der Waals surface area contributed by atoms with Gasteiger partial charge in [0.25, 0.3) is 0 Å². The fourth-order valence-electron chi connectivity index (χ4n) is 1.83. The number of hydrogen-bond donors (Lipinski definition) is 1. The van der Waals surface area contributed by atoms with Gasteiger partial charge in [-0.05, 0) is 42.0 Å². The highest BCUT2D eigenvalue weighted by molar-refractivity contribution is 6.30. The van der Waals surface area contributed by atoms with Crippen molar-refractivity contribution in [3.63, 3.8) is 0 Å². The Hall–Kier alpha value is -2.26. The van der Waals surface area contributed by atoms with Crippen LogP contribution in [0.5, 0.6) is 5.75 Å². The third-order valence-corrected chi connectivity index (χ3v) is 2.99. The lowest BCUT2D eigenvalue weighted by Crippen LogP contribution is -2.14. The van der Waals surface area contributed by atoms with Gasteiger partial charge in [0, 0.05) is 10.7 Å². The molecular weight excluding hydrogens is 286 g/mol. The summed E-state index contributed by atoms with van der Waals surface area (Å²) in [6, 6.07) is 14.5. The highest BCUT2D eigenvalue weighted by Crippen LogP contribution is 2.16. The Labute approximate surface area is 129 Å². The number of rotatable bonds is 6. The average molecular weight is 302 g/mol. The SMILES string of the molecule is C=CCOc1ccc(NC(=O)Cc2cccc(Cl)c2)cc1.